The van der Waals surface area contributed by atoms with Crippen LogP contribution in [-0.2, 0) is 0 Å². The van der Waals surface area contributed by atoms with Gasteiger partial charge in [-0.1, -0.05) is 44.4 Å². The second-order valence-corrected chi connectivity index (χ2v) is 4.81. The fourth-order valence-electron chi connectivity index (χ4n) is 1.43. The molecule has 1 aromatic carbocycles. The molecule has 0 nitrogen and oxygen atoms in total. The highest BCUT2D eigenvalue weighted by molar-refractivity contribution is 7.99. The van der Waals surface area contributed by atoms with Crippen LogP contribution in [0.3, 0.4) is 0 Å². The lowest BCUT2D eigenvalue weighted by atomic mass is 10.2. The van der Waals surface area contributed by atoms with Gasteiger partial charge in [-0.2, -0.15) is 0 Å². The van der Waals surface area contributed by atoms with Crippen LogP contribution in [0, 0.1) is 6.92 Å². The van der Waals surface area contributed by atoms with Crippen molar-refractivity contribution in [2.24, 2.45) is 0 Å². The van der Waals surface area contributed by atoms with Gasteiger partial charge in [0.15, 0.2) is 0 Å². The molecule has 0 unspecified atom stereocenters. The molecule has 0 aliphatic rings. The van der Waals surface area contributed by atoms with Crippen molar-refractivity contribution >= 4 is 11.8 Å². The summed E-state index contributed by atoms with van der Waals surface area (Å²) < 4.78 is 0. The molecule has 1 heteroatoms. The van der Waals surface area contributed by atoms with E-state index in [1.807, 2.05) is 11.8 Å². The molecule has 0 amide bonds. The van der Waals surface area contributed by atoms with Crippen molar-refractivity contribution in [3.05, 3.63) is 29.8 Å². The van der Waals surface area contributed by atoms with E-state index in [0.717, 1.165) is 0 Å². The van der Waals surface area contributed by atoms with Gasteiger partial charge in [0.25, 0.3) is 0 Å². The number of benzene rings is 1. The summed E-state index contributed by atoms with van der Waals surface area (Å²) in [7, 11) is 0. The molecule has 0 radical (unpaired) electrons. The minimum Gasteiger partial charge on any atom is -0.126 e. The minimum absolute atomic E-state index is 1.27. The molecule has 0 bridgehead atoms. The molecule has 0 aromatic heterocycles. The first-order chi connectivity index (χ1) is 6.84. The maximum Gasteiger partial charge on any atom is 0.0101 e. The smallest absolute Gasteiger partial charge is 0.0101 e. The van der Waals surface area contributed by atoms with Crippen molar-refractivity contribution in [1.29, 1.82) is 0 Å². The van der Waals surface area contributed by atoms with E-state index >= 15 is 0 Å². The van der Waals surface area contributed by atoms with Gasteiger partial charge >= 0.3 is 0 Å². The maximum atomic E-state index is 2.26. The highest BCUT2D eigenvalue weighted by atomic mass is 32.2. The number of rotatable bonds is 6. The summed E-state index contributed by atoms with van der Waals surface area (Å²) in [6.07, 6.45) is 5.45. The van der Waals surface area contributed by atoms with E-state index in [4.69, 9.17) is 0 Å². The van der Waals surface area contributed by atoms with Crippen LogP contribution in [0.25, 0.3) is 0 Å². The number of thioether (sulfide) groups is 1. The summed E-state index contributed by atoms with van der Waals surface area (Å²) in [6.45, 7) is 4.45. The van der Waals surface area contributed by atoms with Gasteiger partial charge in [-0.3, -0.25) is 0 Å². The second-order valence-electron chi connectivity index (χ2n) is 3.67. The van der Waals surface area contributed by atoms with Crippen molar-refractivity contribution in [1.82, 2.24) is 0 Å². The van der Waals surface area contributed by atoms with E-state index < -0.39 is 0 Å². The van der Waals surface area contributed by atoms with E-state index in [1.165, 1.54) is 41.9 Å². The van der Waals surface area contributed by atoms with Crippen molar-refractivity contribution in [3.63, 3.8) is 0 Å². The maximum absolute atomic E-state index is 2.26. The number of unbranched alkanes of at least 4 members (excludes halogenated alkanes) is 3. The third-order valence-electron chi connectivity index (χ3n) is 2.35. The number of hydrogen-bond acceptors (Lipinski definition) is 1. The Morgan fingerprint density at radius 2 is 1.86 bits per heavy atom. The molecule has 1 aromatic rings. The first kappa shape index (κ1) is 11.6. The van der Waals surface area contributed by atoms with E-state index in [1.54, 1.807) is 0 Å². The van der Waals surface area contributed by atoms with Gasteiger partial charge in [0.05, 0.1) is 0 Å². The summed E-state index contributed by atoms with van der Waals surface area (Å²) in [5.74, 6) is 1.27. The third-order valence-corrected chi connectivity index (χ3v) is 3.61. The Morgan fingerprint density at radius 3 is 2.57 bits per heavy atom. The Kier molecular flexibility index (Phi) is 5.77. The molecule has 0 spiro atoms. The molecule has 0 fully saturated rings. The topological polar surface area (TPSA) is 0 Å². The van der Waals surface area contributed by atoms with Crippen molar-refractivity contribution in [3.8, 4) is 0 Å². The van der Waals surface area contributed by atoms with Crippen molar-refractivity contribution in [2.45, 2.75) is 44.4 Å². The van der Waals surface area contributed by atoms with E-state index in [0.29, 0.717) is 0 Å². The van der Waals surface area contributed by atoms with Gasteiger partial charge in [0.1, 0.15) is 0 Å². The Labute approximate surface area is 92.1 Å². The molecule has 0 heterocycles. The van der Waals surface area contributed by atoms with Gasteiger partial charge in [-0.15, -0.1) is 11.8 Å². The Hall–Kier alpha value is -0.430. The SMILES string of the molecule is CCCCCCSc1ccccc1C. The van der Waals surface area contributed by atoms with Crippen LogP contribution in [0.5, 0.6) is 0 Å². The zero-order valence-electron chi connectivity index (χ0n) is 9.25. The lowest BCUT2D eigenvalue weighted by Gasteiger charge is -2.04. The Balaban J connectivity index is 2.21. The largest absolute Gasteiger partial charge is 0.126 e. The fourth-order valence-corrected chi connectivity index (χ4v) is 2.47. The summed E-state index contributed by atoms with van der Waals surface area (Å²) in [5, 5.41) is 0. The number of hydrogen-bond donors (Lipinski definition) is 0. The first-order valence-electron chi connectivity index (χ1n) is 5.53. The average molecular weight is 208 g/mol. The van der Waals surface area contributed by atoms with E-state index in [9.17, 15) is 0 Å². The summed E-state index contributed by atoms with van der Waals surface area (Å²) in [6, 6.07) is 8.64. The molecule has 0 aliphatic carbocycles. The molecule has 0 saturated heterocycles. The van der Waals surface area contributed by atoms with Gasteiger partial charge in [-0.25, -0.2) is 0 Å². The van der Waals surface area contributed by atoms with Crippen LogP contribution >= 0.6 is 11.8 Å². The van der Waals surface area contributed by atoms with Crippen LogP contribution in [0.4, 0.5) is 0 Å². The van der Waals surface area contributed by atoms with Crippen LogP contribution in [0.2, 0.25) is 0 Å². The highest BCUT2D eigenvalue weighted by Crippen LogP contribution is 2.22. The molecule has 0 saturated carbocycles. The van der Waals surface area contributed by atoms with Crippen LogP contribution in [0.1, 0.15) is 38.2 Å². The zero-order chi connectivity index (χ0) is 10.2. The molecule has 78 valence electrons. The monoisotopic (exact) mass is 208 g/mol. The Morgan fingerprint density at radius 1 is 1.07 bits per heavy atom. The van der Waals surface area contributed by atoms with Gasteiger partial charge < -0.3 is 0 Å². The highest BCUT2D eigenvalue weighted by Gasteiger charge is 1.96. The van der Waals surface area contributed by atoms with Crippen LogP contribution in [0.15, 0.2) is 29.2 Å². The van der Waals surface area contributed by atoms with Gasteiger partial charge in [0, 0.05) is 4.90 Å². The molecule has 14 heavy (non-hydrogen) atoms. The number of aryl methyl sites for hydroxylation is 1. The molecule has 0 aliphatic heterocycles. The molecular weight excluding hydrogens is 188 g/mol. The molecule has 0 atom stereocenters. The Bertz CT molecular complexity index is 255. The van der Waals surface area contributed by atoms with Gasteiger partial charge in [0.2, 0.25) is 0 Å². The summed E-state index contributed by atoms with van der Waals surface area (Å²) in [5.41, 5.74) is 1.41. The molecule has 1 rings (SSSR count). The lowest BCUT2D eigenvalue weighted by Crippen LogP contribution is -1.83. The quantitative estimate of drug-likeness (QED) is 0.483. The lowest BCUT2D eigenvalue weighted by molar-refractivity contribution is 0.706. The van der Waals surface area contributed by atoms with E-state index in [-0.39, 0.29) is 0 Å². The zero-order valence-corrected chi connectivity index (χ0v) is 10.1. The predicted octanol–water partition coefficient (Wildman–Crippen LogP) is 4.67. The first-order valence-corrected chi connectivity index (χ1v) is 6.51. The van der Waals surface area contributed by atoms with Crippen LogP contribution in [-0.4, -0.2) is 5.75 Å². The van der Waals surface area contributed by atoms with Crippen molar-refractivity contribution in [2.75, 3.05) is 5.75 Å². The average Bonchev–Trinajstić information content (AvgIpc) is 2.20. The fraction of sp³-hybridized carbons (Fsp3) is 0.538. The van der Waals surface area contributed by atoms with E-state index in [2.05, 4.69) is 38.1 Å². The predicted molar refractivity (Wildman–Crippen MR) is 66.0 cm³/mol. The van der Waals surface area contributed by atoms with Crippen molar-refractivity contribution < 1.29 is 0 Å². The molecule has 0 N–H and O–H groups in total. The standard InChI is InChI=1S/C13H20S/c1-3-4-5-8-11-14-13-10-7-6-9-12(13)2/h6-7,9-10H,3-5,8,11H2,1-2H3. The normalized spacial score (nSPS) is 10.4. The summed E-state index contributed by atoms with van der Waals surface area (Å²) >= 11 is 2.00. The summed E-state index contributed by atoms with van der Waals surface area (Å²) in [4.78, 5) is 1.45. The van der Waals surface area contributed by atoms with Crippen LogP contribution < -0.4 is 0 Å². The second kappa shape index (κ2) is 6.94. The third kappa shape index (κ3) is 4.19. The minimum atomic E-state index is 1.27. The molecular formula is C13H20S. The van der Waals surface area contributed by atoms with Gasteiger partial charge in [-0.05, 0) is 30.7 Å².